The zero-order valence-corrected chi connectivity index (χ0v) is 12.3. The highest BCUT2D eigenvalue weighted by Crippen LogP contribution is 2.26. The van der Waals surface area contributed by atoms with E-state index in [1.54, 1.807) is 5.57 Å². The van der Waals surface area contributed by atoms with E-state index in [0.717, 1.165) is 19.3 Å². The van der Waals surface area contributed by atoms with E-state index in [1.165, 1.54) is 18.4 Å². The number of aliphatic hydroxyl groups is 1. The van der Waals surface area contributed by atoms with Crippen LogP contribution in [-0.4, -0.2) is 17.9 Å². The van der Waals surface area contributed by atoms with Crippen LogP contribution in [0.3, 0.4) is 0 Å². The summed E-state index contributed by atoms with van der Waals surface area (Å²) in [5.41, 5.74) is 9.04. The number of nitrogens with two attached hydrogens (primary N) is 1. The van der Waals surface area contributed by atoms with Gasteiger partial charge in [0.15, 0.2) is 0 Å². The van der Waals surface area contributed by atoms with Crippen molar-refractivity contribution >= 4 is 0 Å². The van der Waals surface area contributed by atoms with E-state index < -0.39 is 6.23 Å². The molecular formula is C16H28N2O. The molecule has 0 spiro atoms. The van der Waals surface area contributed by atoms with Crippen molar-refractivity contribution in [1.82, 2.24) is 5.32 Å². The quantitative estimate of drug-likeness (QED) is 0.591. The summed E-state index contributed by atoms with van der Waals surface area (Å²) in [7, 11) is 0. The van der Waals surface area contributed by atoms with Crippen molar-refractivity contribution in [3.8, 4) is 0 Å². The Morgan fingerprint density at radius 1 is 1.42 bits per heavy atom. The predicted octanol–water partition coefficient (Wildman–Crippen LogP) is 2.84. The molecule has 0 radical (unpaired) electrons. The minimum atomic E-state index is -0.480. The number of hydrogen-bond donors (Lipinski definition) is 3. The van der Waals surface area contributed by atoms with Crippen molar-refractivity contribution in [2.75, 3.05) is 6.54 Å². The highest BCUT2D eigenvalue weighted by molar-refractivity contribution is 5.24. The van der Waals surface area contributed by atoms with Crippen LogP contribution in [0.2, 0.25) is 0 Å². The van der Waals surface area contributed by atoms with Gasteiger partial charge < -0.3 is 10.8 Å². The van der Waals surface area contributed by atoms with E-state index in [4.69, 9.17) is 5.73 Å². The van der Waals surface area contributed by atoms with Gasteiger partial charge in [-0.3, -0.25) is 5.32 Å². The van der Waals surface area contributed by atoms with Gasteiger partial charge in [0.05, 0.1) is 0 Å². The van der Waals surface area contributed by atoms with Crippen LogP contribution in [0.5, 0.6) is 0 Å². The average Bonchev–Trinajstić information content (AvgIpc) is 2.37. The first-order valence-corrected chi connectivity index (χ1v) is 7.22. The average molecular weight is 264 g/mol. The van der Waals surface area contributed by atoms with Gasteiger partial charge in [0, 0.05) is 12.2 Å². The van der Waals surface area contributed by atoms with Gasteiger partial charge in [0.2, 0.25) is 0 Å². The highest BCUT2D eigenvalue weighted by atomic mass is 16.3. The van der Waals surface area contributed by atoms with Crippen LogP contribution < -0.4 is 11.1 Å². The fourth-order valence-corrected chi connectivity index (χ4v) is 2.26. The molecule has 19 heavy (non-hydrogen) atoms. The Kier molecular flexibility index (Phi) is 6.89. The lowest BCUT2D eigenvalue weighted by Gasteiger charge is -2.18. The standard InChI is InChI=1S/C16H28N2O/c1-12(2)15-9-7-14(8-10-15)5-4-6-16(19)18-11-13(3)17/h7,9,12,16,18-19H,3-6,8,10-11,17H2,1-2H3. The fraction of sp³-hybridized carbons (Fsp3) is 0.625. The molecular weight excluding hydrogens is 236 g/mol. The van der Waals surface area contributed by atoms with Gasteiger partial charge in [-0.05, 0) is 38.0 Å². The smallest absolute Gasteiger partial charge is 0.105 e. The monoisotopic (exact) mass is 264 g/mol. The molecule has 3 heteroatoms. The second-order valence-corrected chi connectivity index (χ2v) is 5.67. The molecule has 0 amide bonds. The van der Waals surface area contributed by atoms with Crippen molar-refractivity contribution in [3.05, 3.63) is 35.6 Å². The largest absolute Gasteiger partial charge is 0.401 e. The van der Waals surface area contributed by atoms with E-state index in [-0.39, 0.29) is 0 Å². The molecule has 0 aromatic rings. The van der Waals surface area contributed by atoms with Gasteiger partial charge in [-0.25, -0.2) is 0 Å². The van der Waals surface area contributed by atoms with Crippen LogP contribution >= 0.6 is 0 Å². The van der Waals surface area contributed by atoms with Crippen molar-refractivity contribution in [1.29, 1.82) is 0 Å². The Balaban J connectivity index is 2.21. The summed E-state index contributed by atoms with van der Waals surface area (Å²) in [4.78, 5) is 0. The summed E-state index contributed by atoms with van der Waals surface area (Å²) < 4.78 is 0. The number of nitrogens with one attached hydrogen (secondary N) is 1. The number of hydrogen-bond acceptors (Lipinski definition) is 3. The van der Waals surface area contributed by atoms with Crippen molar-refractivity contribution in [2.24, 2.45) is 11.7 Å². The fourth-order valence-electron chi connectivity index (χ4n) is 2.26. The molecule has 1 aliphatic rings. The van der Waals surface area contributed by atoms with Crippen LogP contribution in [0.1, 0.15) is 46.0 Å². The number of rotatable bonds is 8. The summed E-state index contributed by atoms with van der Waals surface area (Å²) in [6, 6.07) is 0. The summed E-state index contributed by atoms with van der Waals surface area (Å²) in [6.07, 6.45) is 9.25. The molecule has 1 unspecified atom stereocenters. The predicted molar refractivity (Wildman–Crippen MR) is 81.4 cm³/mol. The molecule has 4 N–H and O–H groups in total. The summed E-state index contributed by atoms with van der Waals surface area (Å²) in [5.74, 6) is 0.660. The second kappa shape index (κ2) is 8.18. The molecule has 0 saturated carbocycles. The topological polar surface area (TPSA) is 58.3 Å². The second-order valence-electron chi connectivity index (χ2n) is 5.67. The van der Waals surface area contributed by atoms with E-state index in [0.29, 0.717) is 18.2 Å². The summed E-state index contributed by atoms with van der Waals surface area (Å²) >= 11 is 0. The van der Waals surface area contributed by atoms with Gasteiger partial charge in [-0.2, -0.15) is 0 Å². The molecule has 0 aliphatic heterocycles. The third-order valence-electron chi connectivity index (χ3n) is 3.55. The molecule has 0 bridgehead atoms. The van der Waals surface area contributed by atoms with Crippen molar-refractivity contribution in [3.63, 3.8) is 0 Å². The maximum atomic E-state index is 9.70. The number of aliphatic hydroxyl groups excluding tert-OH is 1. The van der Waals surface area contributed by atoms with Crippen LogP contribution in [0.15, 0.2) is 35.6 Å². The molecule has 1 rings (SSSR count). The van der Waals surface area contributed by atoms with Gasteiger partial charge in [-0.1, -0.05) is 43.7 Å². The van der Waals surface area contributed by atoms with Crippen molar-refractivity contribution < 1.29 is 5.11 Å². The normalized spacial score (nSPS) is 17.1. The first-order chi connectivity index (χ1) is 8.99. The Morgan fingerprint density at radius 2 is 2.16 bits per heavy atom. The minimum Gasteiger partial charge on any atom is -0.401 e. The first kappa shape index (κ1) is 16.0. The third kappa shape index (κ3) is 6.60. The van der Waals surface area contributed by atoms with Gasteiger partial charge in [0.1, 0.15) is 6.23 Å². The first-order valence-electron chi connectivity index (χ1n) is 7.22. The summed E-state index contributed by atoms with van der Waals surface area (Å²) in [6.45, 7) is 8.56. The van der Waals surface area contributed by atoms with E-state index in [9.17, 15) is 5.11 Å². The molecule has 0 aromatic carbocycles. The molecule has 0 fully saturated rings. The molecule has 1 aliphatic carbocycles. The lowest BCUT2D eigenvalue weighted by atomic mass is 9.89. The zero-order valence-electron chi connectivity index (χ0n) is 12.3. The summed E-state index contributed by atoms with van der Waals surface area (Å²) in [5, 5.41) is 12.6. The molecule has 0 aromatic heterocycles. The van der Waals surface area contributed by atoms with E-state index in [1.807, 2.05) is 0 Å². The van der Waals surface area contributed by atoms with Crippen molar-refractivity contribution in [2.45, 2.75) is 52.2 Å². The Bertz CT molecular complexity index is 356. The highest BCUT2D eigenvalue weighted by Gasteiger charge is 2.10. The zero-order chi connectivity index (χ0) is 14.3. The maximum absolute atomic E-state index is 9.70. The third-order valence-corrected chi connectivity index (χ3v) is 3.55. The minimum absolute atomic E-state index is 0.477. The maximum Gasteiger partial charge on any atom is 0.105 e. The molecule has 0 heterocycles. The molecule has 1 atom stereocenters. The molecule has 3 nitrogen and oxygen atoms in total. The molecule has 108 valence electrons. The van der Waals surface area contributed by atoms with Crippen LogP contribution in [0.4, 0.5) is 0 Å². The number of allylic oxidation sites excluding steroid dienone is 4. The SMILES string of the molecule is C=C(N)CNC(O)CCCC1=CC=C(C(C)C)CC1. The lowest BCUT2D eigenvalue weighted by molar-refractivity contribution is 0.129. The van der Waals surface area contributed by atoms with Gasteiger partial charge in [-0.15, -0.1) is 0 Å². The van der Waals surface area contributed by atoms with Crippen LogP contribution in [0.25, 0.3) is 0 Å². The van der Waals surface area contributed by atoms with E-state index in [2.05, 4.69) is 37.9 Å². The Morgan fingerprint density at radius 3 is 2.68 bits per heavy atom. The van der Waals surface area contributed by atoms with E-state index >= 15 is 0 Å². The lowest BCUT2D eigenvalue weighted by Crippen LogP contribution is -2.31. The Hall–Kier alpha value is -1.06. The molecule has 0 saturated heterocycles. The van der Waals surface area contributed by atoms with Gasteiger partial charge >= 0.3 is 0 Å². The Labute approximate surface area is 117 Å². The van der Waals surface area contributed by atoms with Crippen LogP contribution in [0, 0.1) is 5.92 Å². The van der Waals surface area contributed by atoms with Gasteiger partial charge in [0.25, 0.3) is 0 Å². The van der Waals surface area contributed by atoms with Crippen LogP contribution in [-0.2, 0) is 0 Å².